The van der Waals surface area contributed by atoms with Crippen molar-refractivity contribution in [1.82, 2.24) is 10.2 Å². The lowest BCUT2D eigenvalue weighted by Gasteiger charge is -2.30. The molecule has 0 bridgehead atoms. The molecule has 2 nitrogen and oxygen atoms in total. The molecule has 0 aliphatic heterocycles. The molecule has 0 heterocycles. The van der Waals surface area contributed by atoms with Crippen LogP contribution >= 0.6 is 0 Å². The van der Waals surface area contributed by atoms with Crippen LogP contribution in [0.25, 0.3) is 0 Å². The zero-order chi connectivity index (χ0) is 15.8. The van der Waals surface area contributed by atoms with Gasteiger partial charge in [-0.2, -0.15) is 0 Å². The van der Waals surface area contributed by atoms with E-state index >= 15 is 0 Å². The lowest BCUT2D eigenvalue weighted by molar-refractivity contribution is 0.187. The van der Waals surface area contributed by atoms with E-state index in [1.54, 1.807) is 12.1 Å². The summed E-state index contributed by atoms with van der Waals surface area (Å²) < 4.78 is 13.4. The minimum Gasteiger partial charge on any atom is -0.310 e. The standard InChI is InChI=1S/C18H31FN2/c1-6-20-18(16-8-7-9-17(19)12-16)10-11-21(15(4)5)13-14(2)3/h7-9,12,14-15,18,20H,6,10-11,13H2,1-5H3. The van der Waals surface area contributed by atoms with Crippen molar-refractivity contribution in [3.05, 3.63) is 35.6 Å². The van der Waals surface area contributed by atoms with Crippen molar-refractivity contribution < 1.29 is 4.39 Å². The van der Waals surface area contributed by atoms with Gasteiger partial charge in [-0.1, -0.05) is 32.9 Å². The predicted molar refractivity (Wildman–Crippen MR) is 89.0 cm³/mol. The number of hydrogen-bond acceptors (Lipinski definition) is 2. The Morgan fingerprint density at radius 1 is 1.19 bits per heavy atom. The first-order valence-corrected chi connectivity index (χ1v) is 8.16. The van der Waals surface area contributed by atoms with Crippen molar-refractivity contribution >= 4 is 0 Å². The van der Waals surface area contributed by atoms with Crippen LogP contribution in [0.15, 0.2) is 24.3 Å². The van der Waals surface area contributed by atoms with E-state index in [9.17, 15) is 4.39 Å². The number of hydrogen-bond donors (Lipinski definition) is 1. The van der Waals surface area contributed by atoms with Gasteiger partial charge in [0, 0.05) is 25.2 Å². The third-order valence-electron chi connectivity index (χ3n) is 3.74. The molecule has 0 radical (unpaired) electrons. The second kappa shape index (κ2) is 9.16. The third kappa shape index (κ3) is 6.58. The fourth-order valence-corrected chi connectivity index (χ4v) is 2.68. The molecule has 0 aliphatic carbocycles. The average Bonchev–Trinajstić information content (AvgIpc) is 2.41. The summed E-state index contributed by atoms with van der Waals surface area (Å²) >= 11 is 0. The van der Waals surface area contributed by atoms with Gasteiger partial charge in [0.1, 0.15) is 5.82 Å². The summed E-state index contributed by atoms with van der Waals surface area (Å²) in [5.74, 6) is 0.512. The van der Waals surface area contributed by atoms with Crippen LogP contribution in [0, 0.1) is 11.7 Å². The van der Waals surface area contributed by atoms with Crippen LogP contribution in [-0.2, 0) is 0 Å². The van der Waals surface area contributed by atoms with Crippen LogP contribution < -0.4 is 5.32 Å². The van der Waals surface area contributed by atoms with E-state index in [0.29, 0.717) is 12.0 Å². The highest BCUT2D eigenvalue weighted by Crippen LogP contribution is 2.19. The fourth-order valence-electron chi connectivity index (χ4n) is 2.68. The summed E-state index contributed by atoms with van der Waals surface area (Å²) in [5, 5.41) is 3.48. The average molecular weight is 294 g/mol. The van der Waals surface area contributed by atoms with Crippen molar-refractivity contribution in [2.45, 2.75) is 53.1 Å². The van der Waals surface area contributed by atoms with Crippen molar-refractivity contribution in [3.8, 4) is 0 Å². The molecule has 3 heteroatoms. The number of nitrogens with zero attached hydrogens (tertiary/aromatic N) is 1. The third-order valence-corrected chi connectivity index (χ3v) is 3.74. The molecule has 1 atom stereocenters. The first kappa shape index (κ1) is 18.1. The molecule has 1 N–H and O–H groups in total. The van der Waals surface area contributed by atoms with Gasteiger partial charge in [-0.15, -0.1) is 0 Å². The topological polar surface area (TPSA) is 15.3 Å². The summed E-state index contributed by atoms with van der Waals surface area (Å²) in [7, 11) is 0. The SMILES string of the molecule is CCNC(CCN(CC(C)C)C(C)C)c1cccc(F)c1. The smallest absolute Gasteiger partial charge is 0.123 e. The first-order valence-electron chi connectivity index (χ1n) is 8.16. The summed E-state index contributed by atoms with van der Waals surface area (Å²) in [6, 6.07) is 7.73. The van der Waals surface area contributed by atoms with Crippen LogP contribution in [0.4, 0.5) is 4.39 Å². The van der Waals surface area contributed by atoms with Crippen LogP contribution in [0.3, 0.4) is 0 Å². The fraction of sp³-hybridized carbons (Fsp3) is 0.667. The molecular formula is C18H31FN2. The Morgan fingerprint density at radius 3 is 2.43 bits per heavy atom. The quantitative estimate of drug-likeness (QED) is 0.733. The Balaban J connectivity index is 2.69. The van der Waals surface area contributed by atoms with E-state index in [0.717, 1.165) is 31.6 Å². The molecule has 1 rings (SSSR count). The van der Waals surface area contributed by atoms with Gasteiger partial charge in [0.05, 0.1) is 0 Å². The van der Waals surface area contributed by atoms with E-state index in [2.05, 4.69) is 44.8 Å². The second-order valence-corrected chi connectivity index (χ2v) is 6.44. The van der Waals surface area contributed by atoms with E-state index in [1.165, 1.54) is 6.07 Å². The summed E-state index contributed by atoms with van der Waals surface area (Å²) in [4.78, 5) is 2.51. The van der Waals surface area contributed by atoms with Crippen LogP contribution in [0.5, 0.6) is 0 Å². The van der Waals surface area contributed by atoms with Crippen LogP contribution in [0.1, 0.15) is 52.6 Å². The van der Waals surface area contributed by atoms with E-state index in [1.807, 2.05) is 6.07 Å². The maximum atomic E-state index is 13.4. The van der Waals surface area contributed by atoms with E-state index in [-0.39, 0.29) is 11.9 Å². The van der Waals surface area contributed by atoms with Crippen molar-refractivity contribution in [1.29, 1.82) is 0 Å². The van der Waals surface area contributed by atoms with Gasteiger partial charge >= 0.3 is 0 Å². The van der Waals surface area contributed by atoms with Crippen LogP contribution in [-0.4, -0.2) is 30.6 Å². The minimum atomic E-state index is -0.154. The largest absolute Gasteiger partial charge is 0.310 e. The Morgan fingerprint density at radius 2 is 1.90 bits per heavy atom. The van der Waals surface area contributed by atoms with Gasteiger partial charge in [0.15, 0.2) is 0 Å². The van der Waals surface area contributed by atoms with Gasteiger partial charge in [-0.25, -0.2) is 4.39 Å². The molecule has 0 aromatic heterocycles. The predicted octanol–water partition coefficient (Wildman–Crippen LogP) is 4.23. The Kier molecular flexibility index (Phi) is 7.91. The highest BCUT2D eigenvalue weighted by molar-refractivity contribution is 5.20. The lowest BCUT2D eigenvalue weighted by atomic mass is 10.0. The summed E-state index contributed by atoms with van der Waals surface area (Å²) in [6.07, 6.45) is 1.00. The summed E-state index contributed by atoms with van der Waals surface area (Å²) in [6.45, 7) is 14.1. The second-order valence-electron chi connectivity index (χ2n) is 6.44. The molecule has 21 heavy (non-hydrogen) atoms. The normalized spacial score (nSPS) is 13.4. The molecule has 0 saturated carbocycles. The van der Waals surface area contributed by atoms with Crippen LogP contribution in [0.2, 0.25) is 0 Å². The number of nitrogens with one attached hydrogen (secondary N) is 1. The Labute approximate surface area is 129 Å². The van der Waals surface area contributed by atoms with Gasteiger partial charge in [-0.05, 0) is 50.4 Å². The molecular weight excluding hydrogens is 263 g/mol. The maximum absolute atomic E-state index is 13.4. The van der Waals surface area contributed by atoms with Gasteiger partial charge in [0.2, 0.25) is 0 Å². The van der Waals surface area contributed by atoms with Gasteiger partial charge in [-0.3, -0.25) is 0 Å². The molecule has 0 spiro atoms. The number of rotatable bonds is 9. The molecule has 0 aliphatic rings. The molecule has 1 aromatic carbocycles. The molecule has 0 amide bonds. The molecule has 1 unspecified atom stereocenters. The highest BCUT2D eigenvalue weighted by atomic mass is 19.1. The lowest BCUT2D eigenvalue weighted by Crippen LogP contribution is -2.37. The summed E-state index contributed by atoms with van der Waals surface area (Å²) in [5.41, 5.74) is 1.05. The Bertz CT molecular complexity index is 404. The van der Waals surface area contributed by atoms with Gasteiger partial charge in [0.25, 0.3) is 0 Å². The Hall–Kier alpha value is -0.930. The van der Waals surface area contributed by atoms with Crippen molar-refractivity contribution in [3.63, 3.8) is 0 Å². The molecule has 0 saturated heterocycles. The number of benzene rings is 1. The maximum Gasteiger partial charge on any atom is 0.123 e. The monoisotopic (exact) mass is 294 g/mol. The first-order chi connectivity index (χ1) is 9.93. The van der Waals surface area contributed by atoms with E-state index in [4.69, 9.17) is 0 Å². The zero-order valence-electron chi connectivity index (χ0n) is 14.2. The molecule has 120 valence electrons. The van der Waals surface area contributed by atoms with E-state index < -0.39 is 0 Å². The molecule has 1 aromatic rings. The highest BCUT2D eigenvalue weighted by Gasteiger charge is 2.16. The zero-order valence-corrected chi connectivity index (χ0v) is 14.2. The number of halogens is 1. The van der Waals surface area contributed by atoms with Crippen molar-refractivity contribution in [2.75, 3.05) is 19.6 Å². The van der Waals surface area contributed by atoms with Gasteiger partial charge < -0.3 is 10.2 Å². The van der Waals surface area contributed by atoms with Crippen molar-refractivity contribution in [2.24, 2.45) is 5.92 Å². The minimum absolute atomic E-state index is 0.154. The molecule has 0 fully saturated rings.